The minimum Gasteiger partial charge on any atom is -0.375 e. The number of hydrogen-bond acceptors (Lipinski definition) is 5. The molecule has 0 aliphatic carbocycles. The summed E-state index contributed by atoms with van der Waals surface area (Å²) in [4.78, 5) is 8.58. The number of nitrogens with zero attached hydrogens (tertiary/aromatic N) is 4. The van der Waals surface area contributed by atoms with Gasteiger partial charge in [0, 0.05) is 20.6 Å². The van der Waals surface area contributed by atoms with E-state index in [1.54, 1.807) is 7.05 Å². The van der Waals surface area contributed by atoms with Crippen molar-refractivity contribution < 1.29 is 0 Å². The van der Waals surface area contributed by atoms with Gasteiger partial charge in [-0.05, 0) is 27.7 Å². The summed E-state index contributed by atoms with van der Waals surface area (Å²) in [6.07, 6.45) is 0. The highest BCUT2D eigenvalue weighted by Gasteiger charge is 2.30. The Labute approximate surface area is 123 Å². The molecule has 0 radical (unpaired) electrons. The van der Waals surface area contributed by atoms with Gasteiger partial charge in [0.1, 0.15) is 22.7 Å². The molecule has 0 aromatic rings. The van der Waals surface area contributed by atoms with Gasteiger partial charge in [-0.1, -0.05) is 13.8 Å². The summed E-state index contributed by atoms with van der Waals surface area (Å²) in [5.41, 5.74) is -0.875. The monoisotopic (exact) mass is 282 g/mol. The molecule has 0 spiro atoms. The Morgan fingerprint density at radius 2 is 1.80 bits per heavy atom. The van der Waals surface area contributed by atoms with Crippen LogP contribution in [0.2, 0.25) is 0 Å². The van der Waals surface area contributed by atoms with Crippen LogP contribution >= 0.6 is 0 Å². The van der Waals surface area contributed by atoms with Crippen LogP contribution in [0.15, 0.2) is 20.2 Å². The standard InChI is InChI=1S/C12H24N6.C2H6/c1-11(2,9(13-5)14-6)17-18-12(3,4)10-15-7-8-16-10;1-2/h7-8H2,1-6H3,(H,13,14)(H,15,16);1-2H3. The summed E-state index contributed by atoms with van der Waals surface area (Å²) in [5, 5.41) is 15.2. The summed E-state index contributed by atoms with van der Waals surface area (Å²) in [5.74, 6) is 1.71. The fourth-order valence-corrected chi connectivity index (χ4v) is 1.84. The van der Waals surface area contributed by atoms with Gasteiger partial charge in [0.25, 0.3) is 0 Å². The van der Waals surface area contributed by atoms with E-state index < -0.39 is 11.1 Å². The normalized spacial score (nSPS) is 16.4. The van der Waals surface area contributed by atoms with Gasteiger partial charge in [0.05, 0.1) is 6.54 Å². The average molecular weight is 282 g/mol. The van der Waals surface area contributed by atoms with Crippen LogP contribution in [-0.4, -0.2) is 49.9 Å². The molecule has 116 valence electrons. The van der Waals surface area contributed by atoms with Crippen molar-refractivity contribution in [2.45, 2.75) is 52.6 Å². The fraction of sp³-hybridized carbons (Fsp3) is 0.857. The summed E-state index contributed by atoms with van der Waals surface area (Å²) >= 11 is 0. The fourth-order valence-electron chi connectivity index (χ4n) is 1.84. The van der Waals surface area contributed by atoms with Crippen molar-refractivity contribution in [3.8, 4) is 0 Å². The molecular weight excluding hydrogens is 252 g/mol. The third-order valence-corrected chi connectivity index (χ3v) is 2.84. The highest BCUT2D eigenvalue weighted by atomic mass is 15.2. The molecule has 0 saturated heterocycles. The van der Waals surface area contributed by atoms with Crippen LogP contribution in [0.3, 0.4) is 0 Å². The molecule has 0 fully saturated rings. The molecule has 1 rings (SSSR count). The molecule has 0 amide bonds. The van der Waals surface area contributed by atoms with E-state index in [0.29, 0.717) is 0 Å². The maximum absolute atomic E-state index is 4.44. The first kappa shape index (κ1) is 18.5. The quantitative estimate of drug-likeness (QED) is 0.471. The maximum atomic E-state index is 4.44. The topological polar surface area (TPSA) is 73.5 Å². The first-order chi connectivity index (χ1) is 9.33. The highest BCUT2D eigenvalue weighted by Crippen LogP contribution is 2.18. The number of aliphatic imine (C=N–C) groups is 2. The molecule has 6 nitrogen and oxygen atoms in total. The van der Waals surface area contributed by atoms with Gasteiger partial charge in [0.2, 0.25) is 0 Å². The van der Waals surface area contributed by atoms with Crippen molar-refractivity contribution in [3.05, 3.63) is 0 Å². The van der Waals surface area contributed by atoms with Crippen molar-refractivity contribution in [1.29, 1.82) is 0 Å². The first-order valence-corrected chi connectivity index (χ1v) is 7.21. The Bertz CT molecular complexity index is 363. The van der Waals surface area contributed by atoms with Crippen molar-refractivity contribution in [2.75, 3.05) is 27.2 Å². The second-order valence-corrected chi connectivity index (χ2v) is 5.30. The Hall–Kier alpha value is -1.46. The number of amidine groups is 2. The largest absolute Gasteiger partial charge is 0.375 e. The van der Waals surface area contributed by atoms with E-state index in [4.69, 9.17) is 0 Å². The van der Waals surface area contributed by atoms with E-state index in [9.17, 15) is 0 Å². The lowest BCUT2D eigenvalue weighted by atomic mass is 10.0. The van der Waals surface area contributed by atoms with E-state index in [2.05, 4.69) is 30.8 Å². The van der Waals surface area contributed by atoms with Gasteiger partial charge < -0.3 is 10.6 Å². The molecular formula is C14H30N6. The van der Waals surface area contributed by atoms with E-state index in [1.807, 2.05) is 48.6 Å². The van der Waals surface area contributed by atoms with Crippen molar-refractivity contribution in [2.24, 2.45) is 20.2 Å². The zero-order chi connectivity index (χ0) is 15.8. The molecule has 0 saturated carbocycles. The Morgan fingerprint density at radius 3 is 2.20 bits per heavy atom. The average Bonchev–Trinajstić information content (AvgIpc) is 2.95. The first-order valence-electron chi connectivity index (χ1n) is 7.21. The van der Waals surface area contributed by atoms with Crippen LogP contribution in [0.5, 0.6) is 0 Å². The molecule has 1 aliphatic rings. The number of likely N-dealkylation sites (N-methyl/N-ethyl adjacent to an activating group) is 1. The minimum absolute atomic E-state index is 0.416. The smallest absolute Gasteiger partial charge is 0.133 e. The van der Waals surface area contributed by atoms with Crippen LogP contribution in [-0.2, 0) is 0 Å². The molecule has 1 aliphatic heterocycles. The lowest BCUT2D eigenvalue weighted by Gasteiger charge is -2.24. The molecule has 0 aromatic heterocycles. The Kier molecular flexibility index (Phi) is 7.39. The number of rotatable bonds is 4. The molecule has 20 heavy (non-hydrogen) atoms. The lowest BCUT2D eigenvalue weighted by Crippen LogP contribution is -2.41. The lowest BCUT2D eigenvalue weighted by molar-refractivity contribution is 0.551. The summed E-state index contributed by atoms with van der Waals surface area (Å²) in [6.45, 7) is 13.7. The zero-order valence-corrected chi connectivity index (χ0v) is 14.2. The van der Waals surface area contributed by atoms with Crippen LogP contribution < -0.4 is 10.6 Å². The zero-order valence-electron chi connectivity index (χ0n) is 14.2. The summed E-state index contributed by atoms with van der Waals surface area (Å²) in [6, 6.07) is 0. The molecule has 0 aromatic carbocycles. The van der Waals surface area contributed by atoms with Crippen LogP contribution in [0.25, 0.3) is 0 Å². The van der Waals surface area contributed by atoms with E-state index in [0.717, 1.165) is 24.8 Å². The van der Waals surface area contributed by atoms with Gasteiger partial charge in [-0.3, -0.25) is 9.98 Å². The molecule has 1 heterocycles. The Balaban J connectivity index is 0.00000172. The van der Waals surface area contributed by atoms with Gasteiger partial charge in [-0.25, -0.2) is 0 Å². The second-order valence-electron chi connectivity index (χ2n) is 5.30. The molecule has 0 bridgehead atoms. The van der Waals surface area contributed by atoms with Gasteiger partial charge >= 0.3 is 0 Å². The predicted molar refractivity (Wildman–Crippen MR) is 87.1 cm³/mol. The van der Waals surface area contributed by atoms with Crippen molar-refractivity contribution in [3.63, 3.8) is 0 Å². The molecule has 0 atom stereocenters. The summed E-state index contributed by atoms with van der Waals surface area (Å²) < 4.78 is 0. The number of hydrogen-bond donors (Lipinski definition) is 2. The predicted octanol–water partition coefficient (Wildman–Crippen LogP) is 2.27. The van der Waals surface area contributed by atoms with Crippen molar-refractivity contribution >= 4 is 11.7 Å². The highest BCUT2D eigenvalue weighted by molar-refractivity contribution is 5.92. The molecule has 0 unspecified atom stereocenters. The van der Waals surface area contributed by atoms with Gasteiger partial charge in [-0.15, -0.1) is 0 Å². The van der Waals surface area contributed by atoms with Crippen LogP contribution in [0.4, 0.5) is 0 Å². The van der Waals surface area contributed by atoms with E-state index in [-0.39, 0.29) is 0 Å². The second kappa shape index (κ2) is 7.97. The Morgan fingerprint density at radius 1 is 1.20 bits per heavy atom. The number of nitrogens with one attached hydrogen (secondary N) is 2. The van der Waals surface area contributed by atoms with E-state index in [1.165, 1.54) is 0 Å². The summed E-state index contributed by atoms with van der Waals surface area (Å²) in [7, 11) is 3.59. The van der Waals surface area contributed by atoms with Crippen LogP contribution in [0, 0.1) is 0 Å². The van der Waals surface area contributed by atoms with Crippen molar-refractivity contribution in [1.82, 2.24) is 10.6 Å². The van der Waals surface area contributed by atoms with Gasteiger partial charge in [-0.2, -0.15) is 10.2 Å². The molecule has 2 N–H and O–H groups in total. The molecule has 6 heteroatoms. The van der Waals surface area contributed by atoms with Crippen LogP contribution in [0.1, 0.15) is 41.5 Å². The maximum Gasteiger partial charge on any atom is 0.133 e. The van der Waals surface area contributed by atoms with Gasteiger partial charge in [0.15, 0.2) is 0 Å². The minimum atomic E-state index is -0.458. The SMILES string of the molecule is CC.CN=C(NC)C(C)(C)N=NC(C)(C)C1=NCCN1. The third-order valence-electron chi connectivity index (χ3n) is 2.84. The van der Waals surface area contributed by atoms with E-state index >= 15 is 0 Å². The third kappa shape index (κ3) is 4.90. The number of azo groups is 1.